The van der Waals surface area contributed by atoms with Gasteiger partial charge in [-0.25, -0.2) is 0 Å². The van der Waals surface area contributed by atoms with Crippen molar-refractivity contribution in [2.24, 2.45) is 5.73 Å². The third-order valence-electron chi connectivity index (χ3n) is 2.19. The van der Waals surface area contributed by atoms with Crippen LogP contribution in [0.25, 0.3) is 0 Å². The number of nitrogens with two attached hydrogens (primary N) is 1. The molecule has 1 atom stereocenters. The fraction of sp³-hybridized carbons (Fsp3) is 0.364. The third-order valence-corrected chi connectivity index (χ3v) is 2.19. The average molecular weight is 224 g/mol. The molecule has 0 aromatic heterocycles. The van der Waals surface area contributed by atoms with Crippen LogP contribution >= 0.6 is 0 Å². The highest BCUT2D eigenvalue weighted by atomic mass is 16.5. The molecule has 0 bridgehead atoms. The molecule has 88 valence electrons. The van der Waals surface area contributed by atoms with Gasteiger partial charge in [-0.2, -0.15) is 0 Å². The lowest BCUT2D eigenvalue weighted by Gasteiger charge is -2.16. The number of hydrogen-bond acceptors (Lipinski definition) is 4. The van der Waals surface area contributed by atoms with Crippen LogP contribution in [0, 0.1) is 0 Å². The first-order valence-electron chi connectivity index (χ1n) is 4.96. The molecule has 16 heavy (non-hydrogen) atoms. The molecule has 0 aliphatic heterocycles. The van der Waals surface area contributed by atoms with E-state index in [0.29, 0.717) is 18.7 Å². The second-order valence-corrected chi connectivity index (χ2v) is 3.34. The molecular weight excluding hydrogens is 208 g/mol. The van der Waals surface area contributed by atoms with Crippen molar-refractivity contribution in [2.45, 2.75) is 6.04 Å². The Labute approximate surface area is 94.2 Å². The average Bonchev–Trinajstić information content (AvgIpc) is 2.25. The number of amides is 1. The van der Waals surface area contributed by atoms with Gasteiger partial charge in [-0.3, -0.25) is 10.1 Å². The fourth-order valence-electron chi connectivity index (χ4n) is 1.40. The van der Waals surface area contributed by atoms with Gasteiger partial charge in [-0.15, -0.1) is 0 Å². The van der Waals surface area contributed by atoms with Crippen molar-refractivity contribution in [3.8, 4) is 5.75 Å². The Morgan fingerprint density at radius 1 is 1.56 bits per heavy atom. The van der Waals surface area contributed by atoms with Crippen LogP contribution in [0.4, 0.5) is 0 Å². The molecule has 0 heterocycles. The van der Waals surface area contributed by atoms with Crippen LogP contribution in [0.1, 0.15) is 11.6 Å². The molecule has 1 unspecified atom stereocenters. The summed E-state index contributed by atoms with van der Waals surface area (Å²) in [7, 11) is 1.57. The Balaban J connectivity index is 2.78. The first-order chi connectivity index (χ1) is 7.66. The van der Waals surface area contributed by atoms with Crippen molar-refractivity contribution in [3.05, 3.63) is 29.8 Å². The number of carbonyl (C=O) groups excluding carboxylic acids is 1. The molecule has 1 rings (SSSR count). The molecule has 0 saturated heterocycles. The van der Waals surface area contributed by atoms with Crippen molar-refractivity contribution >= 4 is 5.91 Å². The summed E-state index contributed by atoms with van der Waals surface area (Å²) in [6.45, 7) is 0.954. The van der Waals surface area contributed by atoms with Gasteiger partial charge in [0.1, 0.15) is 11.8 Å². The molecule has 5 heteroatoms. The van der Waals surface area contributed by atoms with Gasteiger partial charge in [-0.1, -0.05) is 18.2 Å². The highest BCUT2D eigenvalue weighted by molar-refractivity contribution is 5.82. The predicted molar refractivity (Wildman–Crippen MR) is 59.9 cm³/mol. The Kier molecular flexibility index (Phi) is 4.75. The number of rotatable bonds is 6. The maximum absolute atomic E-state index is 11.3. The Morgan fingerprint density at radius 2 is 2.25 bits per heavy atom. The fourth-order valence-corrected chi connectivity index (χ4v) is 1.40. The topological polar surface area (TPSA) is 84.6 Å². The summed E-state index contributed by atoms with van der Waals surface area (Å²) < 4.78 is 4.86. The molecule has 0 radical (unpaired) electrons. The van der Waals surface area contributed by atoms with E-state index in [2.05, 4.69) is 5.32 Å². The molecule has 1 amide bonds. The minimum absolute atomic E-state index is 0.0521. The van der Waals surface area contributed by atoms with Crippen LogP contribution < -0.4 is 11.1 Å². The van der Waals surface area contributed by atoms with E-state index in [0.717, 1.165) is 0 Å². The van der Waals surface area contributed by atoms with E-state index in [1.54, 1.807) is 25.3 Å². The standard InChI is InChI=1S/C11H16N2O3/c1-16-7-6-13-10(11(12)15)8-4-2-3-5-9(8)14/h2-5,10,13-14H,6-7H2,1H3,(H2,12,15). The van der Waals surface area contributed by atoms with Crippen molar-refractivity contribution in [3.63, 3.8) is 0 Å². The summed E-state index contributed by atoms with van der Waals surface area (Å²) in [5, 5.41) is 12.5. The van der Waals surface area contributed by atoms with E-state index in [-0.39, 0.29) is 5.75 Å². The number of ether oxygens (including phenoxy) is 1. The van der Waals surface area contributed by atoms with Gasteiger partial charge in [0.15, 0.2) is 0 Å². The summed E-state index contributed by atoms with van der Waals surface area (Å²) >= 11 is 0. The number of nitrogens with one attached hydrogen (secondary N) is 1. The summed E-state index contributed by atoms with van der Waals surface area (Å²) in [6.07, 6.45) is 0. The number of aromatic hydroxyl groups is 1. The van der Waals surface area contributed by atoms with Gasteiger partial charge in [0, 0.05) is 19.2 Å². The van der Waals surface area contributed by atoms with Crippen molar-refractivity contribution in [2.75, 3.05) is 20.3 Å². The number of phenolic OH excluding ortho intramolecular Hbond substituents is 1. The number of primary amides is 1. The minimum Gasteiger partial charge on any atom is -0.508 e. The zero-order valence-corrected chi connectivity index (χ0v) is 9.14. The molecule has 1 aromatic rings. The van der Waals surface area contributed by atoms with Gasteiger partial charge in [0.25, 0.3) is 0 Å². The number of hydrogen-bond donors (Lipinski definition) is 3. The highest BCUT2D eigenvalue weighted by Crippen LogP contribution is 2.23. The van der Waals surface area contributed by atoms with Crippen LogP contribution in [-0.2, 0) is 9.53 Å². The SMILES string of the molecule is COCCNC(C(N)=O)c1ccccc1O. The zero-order chi connectivity index (χ0) is 12.0. The van der Waals surface area contributed by atoms with E-state index >= 15 is 0 Å². The maximum Gasteiger partial charge on any atom is 0.239 e. The van der Waals surface area contributed by atoms with Crippen LogP contribution in [-0.4, -0.2) is 31.3 Å². The van der Waals surface area contributed by atoms with E-state index in [1.807, 2.05) is 0 Å². The number of methoxy groups -OCH3 is 1. The lowest BCUT2D eigenvalue weighted by atomic mass is 10.1. The summed E-state index contributed by atoms with van der Waals surface area (Å²) in [5.74, 6) is -0.478. The Bertz CT molecular complexity index is 355. The normalized spacial score (nSPS) is 12.3. The maximum atomic E-state index is 11.3. The van der Waals surface area contributed by atoms with Crippen molar-refractivity contribution in [1.29, 1.82) is 0 Å². The predicted octanol–water partition coefficient (Wildman–Crippen LogP) is 0.155. The molecule has 0 saturated carbocycles. The molecular formula is C11H16N2O3. The monoisotopic (exact) mass is 224 g/mol. The van der Waals surface area contributed by atoms with Crippen molar-refractivity contribution in [1.82, 2.24) is 5.32 Å². The lowest BCUT2D eigenvalue weighted by Crippen LogP contribution is -2.35. The second-order valence-electron chi connectivity index (χ2n) is 3.34. The molecule has 4 N–H and O–H groups in total. The van der Waals surface area contributed by atoms with Crippen molar-refractivity contribution < 1.29 is 14.6 Å². The molecule has 0 fully saturated rings. The number of benzene rings is 1. The van der Waals surface area contributed by atoms with Crippen LogP contribution in [0.2, 0.25) is 0 Å². The molecule has 5 nitrogen and oxygen atoms in total. The smallest absolute Gasteiger partial charge is 0.239 e. The van der Waals surface area contributed by atoms with Crippen LogP contribution in [0.5, 0.6) is 5.75 Å². The third kappa shape index (κ3) is 3.22. The minimum atomic E-state index is -0.698. The summed E-state index contributed by atoms with van der Waals surface area (Å²) in [6, 6.07) is 5.90. The highest BCUT2D eigenvalue weighted by Gasteiger charge is 2.19. The van der Waals surface area contributed by atoms with Gasteiger partial charge in [0.2, 0.25) is 5.91 Å². The van der Waals surface area contributed by atoms with Crippen LogP contribution in [0.3, 0.4) is 0 Å². The largest absolute Gasteiger partial charge is 0.508 e. The summed E-state index contributed by atoms with van der Waals surface area (Å²) in [5.41, 5.74) is 5.74. The molecule has 0 spiro atoms. The quantitative estimate of drug-likeness (QED) is 0.601. The van der Waals surface area contributed by atoms with Gasteiger partial charge >= 0.3 is 0 Å². The molecule has 1 aromatic carbocycles. The first-order valence-corrected chi connectivity index (χ1v) is 4.96. The van der Waals surface area contributed by atoms with E-state index in [4.69, 9.17) is 10.5 Å². The van der Waals surface area contributed by atoms with Crippen LogP contribution in [0.15, 0.2) is 24.3 Å². The zero-order valence-electron chi connectivity index (χ0n) is 9.14. The number of phenols is 1. The van der Waals surface area contributed by atoms with Gasteiger partial charge in [0.05, 0.1) is 6.61 Å². The Morgan fingerprint density at radius 3 is 2.81 bits per heavy atom. The molecule has 0 aliphatic rings. The van der Waals surface area contributed by atoms with E-state index in [9.17, 15) is 9.90 Å². The lowest BCUT2D eigenvalue weighted by molar-refractivity contribution is -0.120. The Hall–Kier alpha value is -1.59. The van der Waals surface area contributed by atoms with E-state index < -0.39 is 11.9 Å². The van der Waals surface area contributed by atoms with Gasteiger partial charge < -0.3 is 15.6 Å². The van der Waals surface area contributed by atoms with Gasteiger partial charge in [-0.05, 0) is 6.07 Å². The first kappa shape index (κ1) is 12.5. The van der Waals surface area contributed by atoms with E-state index in [1.165, 1.54) is 6.07 Å². The summed E-state index contributed by atoms with van der Waals surface area (Å²) in [4.78, 5) is 11.3. The number of para-hydroxylation sites is 1. The second kappa shape index (κ2) is 6.09. The molecule has 0 aliphatic carbocycles. The number of carbonyl (C=O) groups is 1.